The van der Waals surface area contributed by atoms with Gasteiger partial charge < -0.3 is 4.90 Å². The lowest BCUT2D eigenvalue weighted by Gasteiger charge is -2.31. The number of benzene rings is 1. The van der Waals surface area contributed by atoms with Gasteiger partial charge in [-0.3, -0.25) is 9.48 Å². The van der Waals surface area contributed by atoms with Gasteiger partial charge in [-0.05, 0) is 44.0 Å². The topological polar surface area (TPSA) is 103 Å². The predicted molar refractivity (Wildman–Crippen MR) is 132 cm³/mol. The van der Waals surface area contributed by atoms with Crippen LogP contribution in [0.15, 0.2) is 52.6 Å². The maximum absolute atomic E-state index is 13.7. The molecule has 0 saturated carbocycles. The molecule has 0 N–H and O–H groups in total. The van der Waals surface area contributed by atoms with Crippen molar-refractivity contribution in [3.05, 3.63) is 65.5 Å². The Hall–Kier alpha value is -4.15. The Balaban J connectivity index is 1.54. The number of hydrogen-bond donors (Lipinski definition) is 0. The van der Waals surface area contributed by atoms with E-state index in [1.54, 1.807) is 17.5 Å². The van der Waals surface area contributed by atoms with E-state index in [1.807, 2.05) is 41.0 Å². The Morgan fingerprint density at radius 1 is 1.11 bits per heavy atom. The van der Waals surface area contributed by atoms with Crippen molar-refractivity contribution in [2.45, 2.75) is 42.5 Å². The third kappa shape index (κ3) is 4.32. The zero-order valence-electron chi connectivity index (χ0n) is 19.8. The highest BCUT2D eigenvalue weighted by Gasteiger charge is 2.24. The summed E-state index contributed by atoms with van der Waals surface area (Å²) >= 11 is 1.30. The van der Waals surface area contributed by atoms with Crippen molar-refractivity contribution >= 4 is 23.2 Å². The minimum absolute atomic E-state index is 0.0980. The van der Waals surface area contributed by atoms with E-state index in [0.29, 0.717) is 29.1 Å². The van der Waals surface area contributed by atoms with Crippen LogP contribution in [0.2, 0.25) is 0 Å². The highest BCUT2D eigenvalue weighted by Crippen LogP contribution is 2.38. The zero-order valence-corrected chi connectivity index (χ0v) is 20.6. The maximum atomic E-state index is 13.7. The van der Waals surface area contributed by atoms with Crippen LogP contribution in [0.5, 0.6) is 0 Å². The van der Waals surface area contributed by atoms with Gasteiger partial charge in [0.2, 0.25) is 5.91 Å². The molecule has 1 aliphatic rings. The molecule has 0 atom stereocenters. The number of aryl methyl sites for hydroxylation is 1. The first-order valence-electron chi connectivity index (χ1n) is 11.5. The number of piperidine rings is 1. The minimum Gasteiger partial charge on any atom is -0.343 e. The molecule has 1 amide bonds. The standard InChI is InChI=1S/C26H22FN7OS/c1-16-23(15-33(31-16)22-5-7-32(8-6-22)17(2)35)19-10-25(26-20(12-29)13-30-34(26)14-19)36-24-4-3-21(27)9-18(24)11-28/h3-4,9-10,13-15,22H,5-8H2,1-2H3. The molecular weight excluding hydrogens is 477 g/mol. The molecule has 1 aliphatic heterocycles. The van der Waals surface area contributed by atoms with Gasteiger partial charge in [-0.1, -0.05) is 11.8 Å². The van der Waals surface area contributed by atoms with Crippen LogP contribution in [-0.4, -0.2) is 43.3 Å². The second-order valence-corrected chi connectivity index (χ2v) is 9.84. The molecule has 0 aliphatic carbocycles. The fourth-order valence-corrected chi connectivity index (χ4v) is 5.66. The molecule has 4 heterocycles. The van der Waals surface area contributed by atoms with Crippen molar-refractivity contribution in [1.82, 2.24) is 24.3 Å². The fraction of sp³-hybridized carbons (Fsp3) is 0.269. The number of carbonyl (C=O) groups is 1. The van der Waals surface area contributed by atoms with Crippen LogP contribution in [0.25, 0.3) is 16.6 Å². The lowest BCUT2D eigenvalue weighted by atomic mass is 10.1. The summed E-state index contributed by atoms with van der Waals surface area (Å²) in [5.74, 6) is -0.380. The molecule has 3 aromatic heterocycles. The first-order chi connectivity index (χ1) is 17.4. The van der Waals surface area contributed by atoms with E-state index in [4.69, 9.17) is 5.10 Å². The first-order valence-corrected chi connectivity index (χ1v) is 12.3. The van der Waals surface area contributed by atoms with Crippen LogP contribution >= 0.6 is 11.8 Å². The lowest BCUT2D eigenvalue weighted by Crippen LogP contribution is -2.37. The Bertz CT molecular complexity index is 1570. The molecule has 4 aromatic rings. The number of aromatic nitrogens is 4. The second kappa shape index (κ2) is 9.48. The van der Waals surface area contributed by atoms with Gasteiger partial charge in [-0.25, -0.2) is 8.91 Å². The number of amides is 1. The van der Waals surface area contributed by atoms with Gasteiger partial charge in [-0.2, -0.15) is 20.7 Å². The highest BCUT2D eigenvalue weighted by molar-refractivity contribution is 7.99. The Kier molecular flexibility index (Phi) is 6.21. The molecule has 0 spiro atoms. The van der Waals surface area contributed by atoms with E-state index in [0.717, 1.165) is 34.6 Å². The number of nitriles is 2. The maximum Gasteiger partial charge on any atom is 0.219 e. The van der Waals surface area contributed by atoms with Gasteiger partial charge in [0.15, 0.2) is 0 Å². The second-order valence-electron chi connectivity index (χ2n) is 8.76. The minimum atomic E-state index is -0.478. The number of pyridine rings is 1. The van der Waals surface area contributed by atoms with Crippen LogP contribution in [0.4, 0.5) is 4.39 Å². The summed E-state index contributed by atoms with van der Waals surface area (Å²) < 4.78 is 17.3. The van der Waals surface area contributed by atoms with Gasteiger partial charge in [0, 0.05) is 53.3 Å². The zero-order chi connectivity index (χ0) is 25.4. The molecule has 0 radical (unpaired) electrons. The molecule has 5 rings (SSSR count). The van der Waals surface area contributed by atoms with Crippen molar-refractivity contribution in [2.24, 2.45) is 0 Å². The van der Waals surface area contributed by atoms with Gasteiger partial charge in [0.1, 0.15) is 18.0 Å². The highest BCUT2D eigenvalue weighted by atomic mass is 32.2. The molecule has 10 heteroatoms. The van der Waals surface area contributed by atoms with E-state index >= 15 is 0 Å². The molecular formula is C26H22FN7OS. The summed E-state index contributed by atoms with van der Waals surface area (Å²) in [5.41, 5.74) is 3.91. The summed E-state index contributed by atoms with van der Waals surface area (Å²) in [6.07, 6.45) is 7.08. The SMILES string of the molecule is CC(=O)N1CCC(n2cc(-c3cc(Sc4ccc(F)cc4C#N)c4c(C#N)cnn4c3)c(C)n2)CC1. The molecule has 1 fully saturated rings. The average molecular weight is 500 g/mol. The predicted octanol–water partition coefficient (Wildman–Crippen LogP) is 4.72. The number of fused-ring (bicyclic) bond motifs is 1. The van der Waals surface area contributed by atoms with E-state index in [1.165, 1.54) is 30.1 Å². The number of nitrogens with zero attached hydrogens (tertiary/aromatic N) is 7. The summed E-state index contributed by atoms with van der Waals surface area (Å²) in [6, 6.07) is 10.5. The lowest BCUT2D eigenvalue weighted by molar-refractivity contribution is -0.130. The van der Waals surface area contributed by atoms with Crippen molar-refractivity contribution in [2.75, 3.05) is 13.1 Å². The molecule has 1 aromatic carbocycles. The van der Waals surface area contributed by atoms with Crippen LogP contribution in [0.1, 0.15) is 42.6 Å². The monoisotopic (exact) mass is 499 g/mol. The van der Waals surface area contributed by atoms with E-state index in [2.05, 4.69) is 11.2 Å². The first kappa shape index (κ1) is 23.6. The third-order valence-corrected chi connectivity index (χ3v) is 7.60. The smallest absolute Gasteiger partial charge is 0.219 e. The van der Waals surface area contributed by atoms with Gasteiger partial charge in [0.05, 0.1) is 34.6 Å². The summed E-state index contributed by atoms with van der Waals surface area (Å²) in [7, 11) is 0. The largest absolute Gasteiger partial charge is 0.343 e. The number of halogens is 1. The van der Waals surface area contributed by atoms with E-state index in [-0.39, 0.29) is 17.5 Å². The molecule has 36 heavy (non-hydrogen) atoms. The molecule has 8 nitrogen and oxygen atoms in total. The molecule has 180 valence electrons. The van der Waals surface area contributed by atoms with Gasteiger partial charge in [0.25, 0.3) is 0 Å². The van der Waals surface area contributed by atoms with Crippen molar-refractivity contribution in [3.63, 3.8) is 0 Å². The normalized spacial score (nSPS) is 14.1. The Labute approximate surface area is 211 Å². The summed E-state index contributed by atoms with van der Waals surface area (Å²) in [6.45, 7) is 4.97. The fourth-order valence-electron chi connectivity index (χ4n) is 4.59. The third-order valence-electron chi connectivity index (χ3n) is 6.49. The number of hydrogen-bond acceptors (Lipinski definition) is 6. The summed E-state index contributed by atoms with van der Waals surface area (Å²) in [5, 5.41) is 28.3. The van der Waals surface area contributed by atoms with Crippen molar-refractivity contribution in [1.29, 1.82) is 10.5 Å². The van der Waals surface area contributed by atoms with Crippen LogP contribution < -0.4 is 0 Å². The number of carbonyl (C=O) groups excluding carboxylic acids is 1. The molecule has 1 saturated heterocycles. The van der Waals surface area contributed by atoms with Crippen LogP contribution in [-0.2, 0) is 4.79 Å². The Morgan fingerprint density at radius 2 is 1.86 bits per heavy atom. The number of likely N-dealkylation sites (tertiary alicyclic amines) is 1. The number of rotatable bonds is 4. The van der Waals surface area contributed by atoms with E-state index < -0.39 is 5.82 Å². The van der Waals surface area contributed by atoms with Crippen LogP contribution in [0, 0.1) is 35.4 Å². The van der Waals surface area contributed by atoms with Crippen molar-refractivity contribution in [3.8, 4) is 23.3 Å². The summed E-state index contributed by atoms with van der Waals surface area (Å²) in [4.78, 5) is 14.9. The Morgan fingerprint density at radius 3 is 2.56 bits per heavy atom. The quantitative estimate of drug-likeness (QED) is 0.402. The average Bonchev–Trinajstić information content (AvgIpc) is 3.48. The molecule has 0 bridgehead atoms. The van der Waals surface area contributed by atoms with E-state index in [9.17, 15) is 19.7 Å². The van der Waals surface area contributed by atoms with Crippen LogP contribution in [0.3, 0.4) is 0 Å². The van der Waals surface area contributed by atoms with Gasteiger partial charge in [-0.15, -0.1) is 0 Å². The van der Waals surface area contributed by atoms with Crippen molar-refractivity contribution < 1.29 is 9.18 Å². The molecule has 0 unspecified atom stereocenters. The van der Waals surface area contributed by atoms with Gasteiger partial charge >= 0.3 is 0 Å².